The maximum atomic E-state index is 11.2. The van der Waals surface area contributed by atoms with Gasteiger partial charge in [0.1, 0.15) is 11.4 Å². The van der Waals surface area contributed by atoms with Crippen LogP contribution in [0.2, 0.25) is 0 Å². The summed E-state index contributed by atoms with van der Waals surface area (Å²) in [6.45, 7) is 2.67. The van der Waals surface area contributed by atoms with Gasteiger partial charge < -0.3 is 21.1 Å². The van der Waals surface area contributed by atoms with Crippen LogP contribution in [0.4, 0.5) is 11.5 Å². The molecule has 1 amide bonds. The standard InChI is InChI=1S/C12H16N4O3/c1-7(17)15-9-2-3-16(6-9)11-10(12(18)19)4-8(13)5-14-11/h4-5,9H,2-3,6,13H2,1H3,(H,15,17)(H,18,19). The number of amides is 1. The lowest BCUT2D eigenvalue weighted by Crippen LogP contribution is -2.36. The highest BCUT2D eigenvalue weighted by Gasteiger charge is 2.27. The number of carbonyl (C=O) groups is 2. The highest BCUT2D eigenvalue weighted by atomic mass is 16.4. The number of pyridine rings is 1. The molecule has 4 N–H and O–H groups in total. The second-order valence-corrected chi connectivity index (χ2v) is 4.58. The van der Waals surface area contributed by atoms with Gasteiger partial charge in [0.05, 0.1) is 11.9 Å². The van der Waals surface area contributed by atoms with Crippen molar-refractivity contribution in [1.82, 2.24) is 10.3 Å². The predicted molar refractivity (Wildman–Crippen MR) is 70.0 cm³/mol. The van der Waals surface area contributed by atoms with Crippen LogP contribution in [0.25, 0.3) is 0 Å². The van der Waals surface area contributed by atoms with Crippen molar-refractivity contribution in [3.8, 4) is 0 Å². The number of anilines is 2. The third-order valence-corrected chi connectivity index (χ3v) is 3.01. The second kappa shape index (κ2) is 5.13. The molecule has 7 nitrogen and oxygen atoms in total. The highest BCUT2D eigenvalue weighted by molar-refractivity contribution is 5.94. The summed E-state index contributed by atoms with van der Waals surface area (Å²) in [5.41, 5.74) is 5.96. The molecule has 102 valence electrons. The first-order valence-electron chi connectivity index (χ1n) is 5.98. The Balaban J connectivity index is 2.19. The predicted octanol–water partition coefficient (Wildman–Crippen LogP) is 0.0768. The summed E-state index contributed by atoms with van der Waals surface area (Å²) in [4.78, 5) is 28.2. The van der Waals surface area contributed by atoms with Crippen molar-refractivity contribution < 1.29 is 14.7 Å². The number of carbonyl (C=O) groups excluding carboxylic acids is 1. The second-order valence-electron chi connectivity index (χ2n) is 4.58. The molecule has 19 heavy (non-hydrogen) atoms. The zero-order valence-electron chi connectivity index (χ0n) is 10.6. The van der Waals surface area contributed by atoms with E-state index >= 15 is 0 Å². The molecule has 1 unspecified atom stereocenters. The van der Waals surface area contributed by atoms with Crippen LogP contribution in [0.3, 0.4) is 0 Å². The summed E-state index contributed by atoms with van der Waals surface area (Å²) in [5.74, 6) is -0.747. The number of nitrogen functional groups attached to an aromatic ring is 1. The first-order valence-corrected chi connectivity index (χ1v) is 5.98. The lowest BCUT2D eigenvalue weighted by molar-refractivity contribution is -0.119. The number of nitrogens with two attached hydrogens (primary N) is 1. The van der Waals surface area contributed by atoms with Gasteiger partial charge in [-0.1, -0.05) is 0 Å². The molecule has 1 aromatic rings. The van der Waals surface area contributed by atoms with E-state index in [1.807, 2.05) is 4.90 Å². The van der Waals surface area contributed by atoms with Crippen LogP contribution in [-0.4, -0.2) is 41.1 Å². The van der Waals surface area contributed by atoms with Crippen LogP contribution >= 0.6 is 0 Å². The van der Waals surface area contributed by atoms with Crippen molar-refractivity contribution in [2.45, 2.75) is 19.4 Å². The molecule has 1 aromatic heterocycles. The molecule has 0 saturated carbocycles. The number of carboxylic acids is 1. The molecular weight excluding hydrogens is 248 g/mol. The van der Waals surface area contributed by atoms with Gasteiger partial charge in [-0.2, -0.15) is 0 Å². The van der Waals surface area contributed by atoms with Crippen LogP contribution in [-0.2, 0) is 4.79 Å². The lowest BCUT2D eigenvalue weighted by Gasteiger charge is -2.19. The average molecular weight is 264 g/mol. The summed E-state index contributed by atoms with van der Waals surface area (Å²) < 4.78 is 0. The Morgan fingerprint density at radius 3 is 2.95 bits per heavy atom. The molecule has 0 aliphatic carbocycles. The SMILES string of the molecule is CC(=O)NC1CCN(c2ncc(N)cc2C(=O)O)C1. The van der Waals surface area contributed by atoms with Crippen molar-refractivity contribution in [2.24, 2.45) is 0 Å². The van der Waals surface area contributed by atoms with Crippen LogP contribution in [0.5, 0.6) is 0 Å². The normalized spacial score (nSPS) is 18.4. The minimum absolute atomic E-state index is 0.0264. The van der Waals surface area contributed by atoms with Gasteiger partial charge in [-0.25, -0.2) is 9.78 Å². The molecule has 2 heterocycles. The van der Waals surface area contributed by atoms with E-state index in [-0.39, 0.29) is 17.5 Å². The highest BCUT2D eigenvalue weighted by Crippen LogP contribution is 2.24. The molecule has 0 bridgehead atoms. The fourth-order valence-electron chi connectivity index (χ4n) is 2.24. The Hall–Kier alpha value is -2.31. The quantitative estimate of drug-likeness (QED) is 0.713. The van der Waals surface area contributed by atoms with E-state index in [1.54, 1.807) is 0 Å². The first kappa shape index (κ1) is 13.1. The van der Waals surface area contributed by atoms with E-state index in [9.17, 15) is 9.59 Å². The average Bonchev–Trinajstić information content (AvgIpc) is 2.76. The Morgan fingerprint density at radius 1 is 1.58 bits per heavy atom. The molecule has 7 heteroatoms. The molecule has 2 rings (SSSR count). The van der Waals surface area contributed by atoms with E-state index < -0.39 is 5.97 Å². The van der Waals surface area contributed by atoms with Crippen LogP contribution in [0, 0.1) is 0 Å². The fourth-order valence-corrected chi connectivity index (χ4v) is 2.24. The molecule has 1 aliphatic heterocycles. The van der Waals surface area contributed by atoms with Crippen LogP contribution < -0.4 is 16.0 Å². The third kappa shape index (κ3) is 2.93. The van der Waals surface area contributed by atoms with E-state index in [0.717, 1.165) is 6.42 Å². The van der Waals surface area contributed by atoms with Gasteiger partial charge in [0.15, 0.2) is 0 Å². The third-order valence-electron chi connectivity index (χ3n) is 3.01. The van der Waals surface area contributed by atoms with Crippen molar-refractivity contribution in [2.75, 3.05) is 23.7 Å². The summed E-state index contributed by atoms with van der Waals surface area (Å²) in [6.07, 6.45) is 2.21. The zero-order chi connectivity index (χ0) is 14.0. The largest absolute Gasteiger partial charge is 0.478 e. The molecule has 0 radical (unpaired) electrons. The van der Waals surface area contributed by atoms with Gasteiger partial charge in [-0.15, -0.1) is 0 Å². The summed E-state index contributed by atoms with van der Waals surface area (Å²) in [7, 11) is 0. The molecule has 1 aliphatic rings. The maximum Gasteiger partial charge on any atom is 0.339 e. The number of nitrogens with one attached hydrogen (secondary N) is 1. The summed E-state index contributed by atoms with van der Waals surface area (Å²) in [6, 6.07) is 1.43. The molecule has 0 aromatic carbocycles. The number of nitrogens with zero attached hydrogens (tertiary/aromatic N) is 2. The monoisotopic (exact) mass is 264 g/mol. The van der Waals surface area contributed by atoms with E-state index in [2.05, 4.69) is 10.3 Å². The van der Waals surface area contributed by atoms with Crippen LogP contribution in [0.15, 0.2) is 12.3 Å². The van der Waals surface area contributed by atoms with Gasteiger partial charge in [0.25, 0.3) is 0 Å². The van der Waals surface area contributed by atoms with Crippen molar-refractivity contribution in [1.29, 1.82) is 0 Å². The van der Waals surface area contributed by atoms with Gasteiger partial charge in [0.2, 0.25) is 5.91 Å². The number of aromatic carboxylic acids is 1. The van der Waals surface area contributed by atoms with Crippen molar-refractivity contribution >= 4 is 23.4 Å². The minimum atomic E-state index is -1.06. The Morgan fingerprint density at radius 2 is 2.32 bits per heavy atom. The lowest BCUT2D eigenvalue weighted by atomic mass is 10.2. The molecule has 1 saturated heterocycles. The number of aromatic nitrogens is 1. The number of hydrogen-bond acceptors (Lipinski definition) is 5. The Kier molecular flexibility index (Phi) is 3.55. The maximum absolute atomic E-state index is 11.2. The molecule has 0 spiro atoms. The van der Waals surface area contributed by atoms with Gasteiger partial charge in [-0.3, -0.25) is 4.79 Å². The molecule has 1 atom stereocenters. The summed E-state index contributed by atoms with van der Waals surface area (Å²) in [5, 5.41) is 12.0. The van der Waals surface area contributed by atoms with Crippen LogP contribution in [0.1, 0.15) is 23.7 Å². The number of carboxylic acid groups (broad SMARTS) is 1. The zero-order valence-corrected chi connectivity index (χ0v) is 10.6. The minimum Gasteiger partial charge on any atom is -0.478 e. The smallest absolute Gasteiger partial charge is 0.339 e. The van der Waals surface area contributed by atoms with Gasteiger partial charge in [-0.05, 0) is 12.5 Å². The van der Waals surface area contributed by atoms with Gasteiger partial charge in [0, 0.05) is 26.1 Å². The fraction of sp³-hybridized carbons (Fsp3) is 0.417. The van der Waals surface area contributed by atoms with E-state index in [0.29, 0.717) is 24.6 Å². The topological polar surface area (TPSA) is 109 Å². The molecule has 1 fully saturated rings. The Bertz CT molecular complexity index is 518. The van der Waals surface area contributed by atoms with E-state index in [4.69, 9.17) is 10.8 Å². The Labute approximate surface area is 110 Å². The van der Waals surface area contributed by atoms with Crippen molar-refractivity contribution in [3.63, 3.8) is 0 Å². The van der Waals surface area contributed by atoms with Crippen molar-refractivity contribution in [3.05, 3.63) is 17.8 Å². The number of rotatable bonds is 3. The number of hydrogen-bond donors (Lipinski definition) is 3. The summed E-state index contributed by atoms with van der Waals surface area (Å²) >= 11 is 0. The van der Waals surface area contributed by atoms with E-state index in [1.165, 1.54) is 19.2 Å². The van der Waals surface area contributed by atoms with Gasteiger partial charge >= 0.3 is 5.97 Å². The molecular formula is C12H16N4O3. The first-order chi connectivity index (χ1) is 8.97.